The molecule has 0 atom stereocenters. The van der Waals surface area contributed by atoms with Crippen molar-refractivity contribution in [2.24, 2.45) is 0 Å². The number of halogens is 2. The highest BCUT2D eigenvalue weighted by molar-refractivity contribution is 6.31. The zero-order valence-corrected chi connectivity index (χ0v) is 20.0. The van der Waals surface area contributed by atoms with E-state index < -0.39 is 0 Å². The van der Waals surface area contributed by atoms with Crippen molar-refractivity contribution in [2.75, 3.05) is 36.0 Å². The zero-order valence-electron chi connectivity index (χ0n) is 18.5. The highest BCUT2D eigenvalue weighted by Crippen LogP contribution is 2.32. The van der Waals surface area contributed by atoms with Crippen LogP contribution in [0, 0.1) is 0 Å². The molecule has 0 heterocycles. The number of nitrogens with zero attached hydrogens (tertiary/aromatic N) is 2. The molecule has 0 fully saturated rings. The number of benzene rings is 2. The second kappa shape index (κ2) is 11.8. The summed E-state index contributed by atoms with van der Waals surface area (Å²) in [6, 6.07) is 10.7. The largest absolute Gasteiger partial charge is 0.338 e. The van der Waals surface area contributed by atoms with Crippen molar-refractivity contribution < 1.29 is 9.59 Å². The van der Waals surface area contributed by atoms with Crippen molar-refractivity contribution >= 4 is 46.6 Å². The fourth-order valence-electron chi connectivity index (χ4n) is 3.42. The normalized spacial score (nSPS) is 10.5. The second-order valence-electron chi connectivity index (χ2n) is 6.88. The first-order chi connectivity index (χ1) is 14.9. The minimum Gasteiger partial charge on any atom is -0.338 e. The van der Waals surface area contributed by atoms with Gasteiger partial charge in [-0.3, -0.25) is 9.80 Å². The zero-order chi connectivity index (χ0) is 23.0. The predicted octanol–water partition coefficient (Wildman–Crippen LogP) is 5.70. The third-order valence-corrected chi connectivity index (χ3v) is 5.31. The molecule has 2 rings (SSSR count). The van der Waals surface area contributed by atoms with Crippen LogP contribution in [0.1, 0.15) is 38.8 Å². The number of carbonyl (C=O) groups is 2. The number of nitrogens with one attached hydrogen (secondary N) is 2. The minimum absolute atomic E-state index is 0.178. The van der Waals surface area contributed by atoms with Gasteiger partial charge in [0.25, 0.3) is 0 Å². The molecule has 0 saturated heterocycles. The van der Waals surface area contributed by atoms with Crippen LogP contribution in [0.25, 0.3) is 0 Å². The summed E-state index contributed by atoms with van der Waals surface area (Å²) < 4.78 is 0. The highest BCUT2D eigenvalue weighted by Gasteiger charge is 2.21. The summed E-state index contributed by atoms with van der Waals surface area (Å²) in [5.41, 5.74) is 3.33. The molecule has 0 radical (unpaired) electrons. The fourth-order valence-corrected chi connectivity index (χ4v) is 3.75. The highest BCUT2D eigenvalue weighted by atomic mass is 35.5. The predicted molar refractivity (Wildman–Crippen MR) is 130 cm³/mol. The molecule has 6 nitrogen and oxygen atoms in total. The maximum Gasteiger partial charge on any atom is 0.321 e. The van der Waals surface area contributed by atoms with Crippen molar-refractivity contribution in [2.45, 2.75) is 34.1 Å². The fraction of sp³-hybridized carbons (Fsp3) is 0.391. The molecular formula is C23H30Cl2N4O2. The summed E-state index contributed by atoms with van der Waals surface area (Å²) in [5.74, 6) is 0. The van der Waals surface area contributed by atoms with Crippen LogP contribution < -0.4 is 20.4 Å². The van der Waals surface area contributed by atoms with E-state index in [1.807, 2.05) is 52.0 Å². The average molecular weight is 465 g/mol. The minimum atomic E-state index is -0.178. The smallest absolute Gasteiger partial charge is 0.321 e. The number of rotatable bonds is 8. The monoisotopic (exact) mass is 464 g/mol. The van der Waals surface area contributed by atoms with E-state index in [0.717, 1.165) is 22.5 Å². The third kappa shape index (κ3) is 6.28. The quantitative estimate of drug-likeness (QED) is 0.526. The van der Waals surface area contributed by atoms with Gasteiger partial charge in [-0.25, -0.2) is 9.59 Å². The topological polar surface area (TPSA) is 64.7 Å². The first-order valence-corrected chi connectivity index (χ1v) is 11.3. The van der Waals surface area contributed by atoms with Gasteiger partial charge < -0.3 is 10.6 Å². The van der Waals surface area contributed by atoms with Gasteiger partial charge >= 0.3 is 12.1 Å². The molecule has 2 N–H and O–H groups in total. The van der Waals surface area contributed by atoms with Crippen LogP contribution in [-0.2, 0) is 6.42 Å². The Morgan fingerprint density at radius 3 is 1.45 bits per heavy atom. The van der Waals surface area contributed by atoms with Crippen LogP contribution in [0.15, 0.2) is 36.4 Å². The summed E-state index contributed by atoms with van der Waals surface area (Å²) in [4.78, 5) is 28.6. The third-order valence-electron chi connectivity index (χ3n) is 4.84. The Morgan fingerprint density at radius 1 is 0.742 bits per heavy atom. The van der Waals surface area contributed by atoms with Crippen LogP contribution in [0.4, 0.5) is 21.0 Å². The second-order valence-corrected chi connectivity index (χ2v) is 7.76. The molecule has 0 aliphatic heterocycles. The number of carbonyl (C=O) groups excluding carboxylic acids is 2. The molecule has 4 amide bonds. The Hall–Kier alpha value is -2.44. The van der Waals surface area contributed by atoms with Crippen molar-refractivity contribution in [1.29, 1.82) is 0 Å². The van der Waals surface area contributed by atoms with Gasteiger partial charge in [0.15, 0.2) is 0 Å². The Bertz CT molecular complexity index is 847. The number of urea groups is 2. The van der Waals surface area contributed by atoms with E-state index >= 15 is 0 Å². The lowest BCUT2D eigenvalue weighted by Crippen LogP contribution is -2.40. The lowest BCUT2D eigenvalue weighted by molar-refractivity contribution is 0.246. The molecule has 31 heavy (non-hydrogen) atoms. The standard InChI is InChI=1S/C23H30Cl2N4O2/c1-5-26-22(30)28(7-3)20-14-18(24)11-9-16(20)13-17-10-12-19(25)15-21(17)29(8-4)23(31)27-6-2/h9-12,14-15H,5-8,13H2,1-4H3,(H,26,30)(H,27,31). The Morgan fingerprint density at radius 2 is 1.13 bits per heavy atom. The Balaban J connectivity index is 2.52. The maximum atomic E-state index is 12.6. The van der Waals surface area contributed by atoms with Crippen molar-refractivity contribution in [1.82, 2.24) is 10.6 Å². The molecule has 168 valence electrons. The molecule has 0 bridgehead atoms. The summed E-state index contributed by atoms with van der Waals surface area (Å²) in [6.45, 7) is 9.65. The van der Waals surface area contributed by atoms with E-state index in [2.05, 4.69) is 10.6 Å². The summed E-state index contributed by atoms with van der Waals surface area (Å²) in [7, 11) is 0. The van der Waals surface area contributed by atoms with E-state index in [4.69, 9.17) is 23.2 Å². The van der Waals surface area contributed by atoms with E-state index in [-0.39, 0.29) is 12.1 Å². The molecule has 0 spiro atoms. The van der Waals surface area contributed by atoms with E-state index in [9.17, 15) is 9.59 Å². The van der Waals surface area contributed by atoms with Crippen LogP contribution in [0.3, 0.4) is 0 Å². The number of hydrogen-bond acceptors (Lipinski definition) is 2. The molecule has 2 aromatic carbocycles. The van der Waals surface area contributed by atoms with Gasteiger partial charge in [0.05, 0.1) is 11.4 Å². The van der Waals surface area contributed by atoms with Gasteiger partial charge in [-0.05, 0) is 63.1 Å². The summed E-state index contributed by atoms with van der Waals surface area (Å²) in [6.07, 6.45) is 0.505. The number of amides is 4. The number of hydrogen-bond donors (Lipinski definition) is 2. The molecule has 0 saturated carbocycles. The van der Waals surface area contributed by atoms with Crippen molar-refractivity contribution in [3.05, 3.63) is 57.6 Å². The van der Waals surface area contributed by atoms with Crippen LogP contribution in [-0.4, -0.2) is 38.2 Å². The SMILES string of the molecule is CCNC(=O)N(CC)c1cc(Cl)ccc1Cc1ccc(Cl)cc1N(CC)C(=O)NCC. The number of anilines is 2. The lowest BCUT2D eigenvalue weighted by atomic mass is 10.00. The average Bonchev–Trinajstić information content (AvgIpc) is 2.73. The molecule has 0 aliphatic carbocycles. The van der Waals surface area contributed by atoms with E-state index in [0.29, 0.717) is 42.6 Å². The van der Waals surface area contributed by atoms with Crippen LogP contribution in [0.2, 0.25) is 10.0 Å². The molecule has 0 aromatic heterocycles. The van der Waals surface area contributed by atoms with Gasteiger partial charge in [-0.1, -0.05) is 35.3 Å². The molecule has 0 aliphatic rings. The molecule has 0 unspecified atom stereocenters. The van der Waals surface area contributed by atoms with Gasteiger partial charge in [0.2, 0.25) is 0 Å². The van der Waals surface area contributed by atoms with Crippen molar-refractivity contribution in [3.8, 4) is 0 Å². The van der Waals surface area contributed by atoms with Crippen LogP contribution >= 0.6 is 23.2 Å². The van der Waals surface area contributed by atoms with Gasteiger partial charge in [0.1, 0.15) is 0 Å². The first-order valence-electron chi connectivity index (χ1n) is 10.5. The lowest BCUT2D eigenvalue weighted by Gasteiger charge is -2.27. The molecule has 8 heteroatoms. The summed E-state index contributed by atoms with van der Waals surface area (Å²) in [5, 5.41) is 6.79. The first kappa shape index (κ1) is 24.8. The summed E-state index contributed by atoms with van der Waals surface area (Å²) >= 11 is 12.5. The van der Waals surface area contributed by atoms with E-state index in [1.165, 1.54) is 0 Å². The van der Waals surface area contributed by atoms with Crippen LogP contribution in [0.5, 0.6) is 0 Å². The van der Waals surface area contributed by atoms with Gasteiger partial charge in [-0.15, -0.1) is 0 Å². The molecule has 2 aromatic rings. The van der Waals surface area contributed by atoms with E-state index in [1.54, 1.807) is 21.9 Å². The Labute approximate surface area is 194 Å². The van der Waals surface area contributed by atoms with Gasteiger partial charge in [-0.2, -0.15) is 0 Å². The Kier molecular flexibility index (Phi) is 9.46. The van der Waals surface area contributed by atoms with Gasteiger partial charge in [0, 0.05) is 42.6 Å². The maximum absolute atomic E-state index is 12.6. The van der Waals surface area contributed by atoms with Crippen molar-refractivity contribution in [3.63, 3.8) is 0 Å². The molecular weight excluding hydrogens is 435 g/mol.